The van der Waals surface area contributed by atoms with Crippen LogP contribution in [-0.2, 0) is 0 Å². The van der Waals surface area contributed by atoms with Crippen LogP contribution in [0.25, 0.3) is 10.9 Å². The summed E-state index contributed by atoms with van der Waals surface area (Å²) in [7, 11) is 0. The second-order valence-corrected chi connectivity index (χ2v) is 4.96. The van der Waals surface area contributed by atoms with Gasteiger partial charge in [0, 0.05) is 23.7 Å². The Hall–Kier alpha value is -1.30. The summed E-state index contributed by atoms with van der Waals surface area (Å²) in [4.78, 5) is 3.79. The van der Waals surface area contributed by atoms with Gasteiger partial charge in [-0.2, -0.15) is 0 Å². The fraction of sp³-hybridized carbons (Fsp3) is 0.308. The number of alkyl halides is 2. The first-order valence-corrected chi connectivity index (χ1v) is 6.64. The molecule has 0 fully saturated rings. The number of aromatic nitrogens is 1. The van der Waals surface area contributed by atoms with Crippen molar-refractivity contribution in [1.82, 2.24) is 4.98 Å². The van der Waals surface area contributed by atoms with Crippen molar-refractivity contribution < 1.29 is 13.2 Å². The number of nitrogens with one attached hydrogen (secondary N) is 1. The normalized spacial score (nSPS) is 11.3. The van der Waals surface area contributed by atoms with Crippen LogP contribution in [0.15, 0.2) is 22.7 Å². The summed E-state index contributed by atoms with van der Waals surface area (Å²) in [5.74, 6) is -0.521. The van der Waals surface area contributed by atoms with Gasteiger partial charge in [0.1, 0.15) is 11.5 Å². The van der Waals surface area contributed by atoms with Crippen molar-refractivity contribution in [3.63, 3.8) is 0 Å². The zero-order chi connectivity index (χ0) is 14.0. The molecule has 0 spiro atoms. The summed E-state index contributed by atoms with van der Waals surface area (Å²) < 4.78 is 39.3. The van der Waals surface area contributed by atoms with Gasteiger partial charge in [-0.15, -0.1) is 0 Å². The largest absolute Gasteiger partial charge is 0.384 e. The lowest BCUT2D eigenvalue weighted by Gasteiger charge is -2.11. The molecule has 0 aliphatic carbocycles. The number of anilines is 1. The zero-order valence-electron chi connectivity index (χ0n) is 10.2. The predicted octanol–water partition coefficient (Wildman–Crippen LogP) is 4.90. The Balaban J connectivity index is 2.63. The highest BCUT2D eigenvalue weighted by Crippen LogP contribution is 2.31. The molecule has 2 aromatic rings. The lowest BCUT2D eigenvalue weighted by molar-refractivity contribution is 0.146. The minimum absolute atomic E-state index is 0.220. The van der Waals surface area contributed by atoms with Crippen LogP contribution in [0.1, 0.15) is 25.5 Å². The summed E-state index contributed by atoms with van der Waals surface area (Å²) in [6.07, 6.45) is -1.82. The smallest absolute Gasteiger partial charge is 0.280 e. The summed E-state index contributed by atoms with van der Waals surface area (Å²) in [6.45, 7) is 2.62. The molecular formula is C13H12BrF3N2. The highest BCUT2D eigenvalue weighted by atomic mass is 79.9. The van der Waals surface area contributed by atoms with Gasteiger partial charge in [-0.3, -0.25) is 0 Å². The summed E-state index contributed by atoms with van der Waals surface area (Å²) in [5, 5.41) is 3.68. The second-order valence-electron chi connectivity index (χ2n) is 4.11. The fourth-order valence-electron chi connectivity index (χ4n) is 1.76. The number of fused-ring (bicyclic) bond motifs is 1. The number of rotatable bonds is 4. The molecule has 0 atom stereocenters. The van der Waals surface area contributed by atoms with Crippen molar-refractivity contribution in [3.8, 4) is 0 Å². The van der Waals surface area contributed by atoms with E-state index in [-0.39, 0.29) is 15.7 Å². The van der Waals surface area contributed by atoms with Crippen LogP contribution in [0.4, 0.5) is 18.9 Å². The van der Waals surface area contributed by atoms with Gasteiger partial charge in [0.25, 0.3) is 6.43 Å². The Morgan fingerprint density at radius 3 is 2.68 bits per heavy atom. The Morgan fingerprint density at radius 2 is 2.05 bits per heavy atom. The second kappa shape index (κ2) is 5.77. The van der Waals surface area contributed by atoms with Crippen LogP contribution in [-0.4, -0.2) is 11.5 Å². The van der Waals surface area contributed by atoms with E-state index in [0.717, 1.165) is 12.5 Å². The highest BCUT2D eigenvalue weighted by molar-refractivity contribution is 9.10. The first kappa shape index (κ1) is 14.1. The van der Waals surface area contributed by atoms with Crippen molar-refractivity contribution in [3.05, 3.63) is 34.2 Å². The highest BCUT2D eigenvalue weighted by Gasteiger charge is 2.14. The van der Waals surface area contributed by atoms with E-state index in [2.05, 4.69) is 26.2 Å². The van der Waals surface area contributed by atoms with E-state index in [1.54, 1.807) is 6.07 Å². The molecule has 0 saturated heterocycles. The van der Waals surface area contributed by atoms with Crippen molar-refractivity contribution >= 4 is 32.5 Å². The van der Waals surface area contributed by atoms with Gasteiger partial charge in [-0.05, 0) is 34.5 Å². The Kier molecular flexibility index (Phi) is 4.29. The van der Waals surface area contributed by atoms with Crippen molar-refractivity contribution in [2.75, 3.05) is 11.9 Å². The predicted molar refractivity (Wildman–Crippen MR) is 73.1 cm³/mol. The molecule has 1 N–H and O–H groups in total. The minimum atomic E-state index is -2.68. The van der Waals surface area contributed by atoms with Crippen molar-refractivity contribution in [1.29, 1.82) is 0 Å². The topological polar surface area (TPSA) is 24.9 Å². The molecule has 2 rings (SSSR count). The van der Waals surface area contributed by atoms with Crippen LogP contribution in [0.5, 0.6) is 0 Å². The van der Waals surface area contributed by atoms with Crippen molar-refractivity contribution in [2.24, 2.45) is 0 Å². The first-order valence-electron chi connectivity index (χ1n) is 5.84. The van der Waals surface area contributed by atoms with E-state index in [0.29, 0.717) is 17.6 Å². The van der Waals surface area contributed by atoms with Gasteiger partial charge >= 0.3 is 0 Å². The molecule has 6 heteroatoms. The zero-order valence-corrected chi connectivity index (χ0v) is 11.8. The van der Waals surface area contributed by atoms with Gasteiger partial charge in [-0.25, -0.2) is 18.2 Å². The molecule has 0 radical (unpaired) electrons. The average Bonchev–Trinajstić information content (AvgIpc) is 2.37. The fourth-order valence-corrected chi connectivity index (χ4v) is 2.10. The van der Waals surface area contributed by atoms with Gasteiger partial charge in [0.05, 0.1) is 9.99 Å². The molecule has 1 aromatic heterocycles. The van der Waals surface area contributed by atoms with Crippen LogP contribution < -0.4 is 5.32 Å². The van der Waals surface area contributed by atoms with Crippen molar-refractivity contribution in [2.45, 2.75) is 19.8 Å². The molecule has 0 aliphatic heterocycles. The Labute approximate surface area is 117 Å². The van der Waals surface area contributed by atoms with E-state index in [1.807, 2.05) is 6.92 Å². The first-order chi connectivity index (χ1) is 9.02. The summed E-state index contributed by atoms with van der Waals surface area (Å²) >= 11 is 3.09. The van der Waals surface area contributed by atoms with Gasteiger partial charge < -0.3 is 5.32 Å². The average molecular weight is 333 g/mol. The number of benzene rings is 1. The maximum Gasteiger partial charge on any atom is 0.280 e. The van der Waals surface area contributed by atoms with Crippen LogP contribution >= 0.6 is 15.9 Å². The molecule has 0 saturated carbocycles. The molecule has 102 valence electrons. The van der Waals surface area contributed by atoms with Crippen LogP contribution in [0, 0.1) is 5.82 Å². The SMILES string of the molecule is CCCNc1cc(C(F)F)nc2cc(F)c(Br)cc12. The summed E-state index contributed by atoms with van der Waals surface area (Å²) in [5.41, 5.74) is 0.410. The van der Waals surface area contributed by atoms with Gasteiger partial charge in [-0.1, -0.05) is 6.92 Å². The van der Waals surface area contributed by atoms with E-state index in [1.165, 1.54) is 6.07 Å². The van der Waals surface area contributed by atoms with Gasteiger partial charge in [0.2, 0.25) is 0 Å². The number of nitrogens with zero attached hydrogens (tertiary/aromatic N) is 1. The maximum atomic E-state index is 13.5. The standard InChI is InChI=1S/C13H12BrF3N2/c1-2-3-18-10-6-12(13(16)17)19-11-5-9(15)8(14)4-7(10)11/h4-6,13H,2-3H2,1H3,(H,18,19). The van der Waals surface area contributed by atoms with Crippen LogP contribution in [0.3, 0.4) is 0 Å². The summed E-state index contributed by atoms with van der Waals surface area (Å²) in [6, 6.07) is 4.01. The van der Waals surface area contributed by atoms with Gasteiger partial charge in [0.15, 0.2) is 0 Å². The van der Waals surface area contributed by atoms with E-state index in [9.17, 15) is 13.2 Å². The monoisotopic (exact) mass is 332 g/mol. The third kappa shape index (κ3) is 3.00. The molecule has 1 aromatic carbocycles. The molecular weight excluding hydrogens is 321 g/mol. The molecule has 0 bridgehead atoms. The molecule has 1 heterocycles. The molecule has 19 heavy (non-hydrogen) atoms. The molecule has 2 nitrogen and oxygen atoms in total. The minimum Gasteiger partial charge on any atom is -0.384 e. The Morgan fingerprint density at radius 1 is 1.32 bits per heavy atom. The van der Waals surface area contributed by atoms with E-state index < -0.39 is 12.2 Å². The number of hydrogen-bond acceptors (Lipinski definition) is 2. The maximum absolute atomic E-state index is 13.5. The third-order valence-electron chi connectivity index (χ3n) is 2.66. The number of hydrogen-bond donors (Lipinski definition) is 1. The van der Waals surface area contributed by atoms with Crippen LogP contribution in [0.2, 0.25) is 0 Å². The lowest BCUT2D eigenvalue weighted by Crippen LogP contribution is -2.03. The Bertz CT molecular complexity index is 602. The third-order valence-corrected chi connectivity index (χ3v) is 3.27. The molecule has 0 amide bonds. The molecule has 0 unspecified atom stereocenters. The van der Waals surface area contributed by atoms with E-state index >= 15 is 0 Å². The lowest BCUT2D eigenvalue weighted by atomic mass is 10.1. The number of pyridine rings is 1. The quantitative estimate of drug-likeness (QED) is 0.861. The van der Waals surface area contributed by atoms with E-state index in [4.69, 9.17) is 0 Å². The number of halogens is 4. The molecule has 0 aliphatic rings.